The Balaban J connectivity index is 2.26. The maximum atomic E-state index is 11.5. The first-order chi connectivity index (χ1) is 6.61. The Hall–Kier alpha value is -0.610. The highest BCUT2D eigenvalue weighted by molar-refractivity contribution is 5.81. The molecule has 0 aromatic carbocycles. The van der Waals surface area contributed by atoms with Crippen molar-refractivity contribution in [2.24, 2.45) is 11.1 Å². The first-order valence-electron chi connectivity index (χ1n) is 5.12. The highest BCUT2D eigenvalue weighted by Crippen LogP contribution is 2.39. The van der Waals surface area contributed by atoms with Gasteiger partial charge in [-0.25, -0.2) is 0 Å². The quantitative estimate of drug-likeness (QED) is 0.669. The molecule has 1 amide bonds. The largest absolute Gasteiger partial charge is 0.370 e. The van der Waals surface area contributed by atoms with Gasteiger partial charge in [-0.2, -0.15) is 0 Å². The van der Waals surface area contributed by atoms with Gasteiger partial charge in [-0.15, -0.1) is 0 Å². The summed E-state index contributed by atoms with van der Waals surface area (Å²) in [4.78, 5) is 11.5. The van der Waals surface area contributed by atoms with Gasteiger partial charge >= 0.3 is 0 Å². The van der Waals surface area contributed by atoms with Crippen LogP contribution < -0.4 is 11.1 Å². The molecule has 0 aromatic heterocycles. The molecule has 0 aromatic rings. The van der Waals surface area contributed by atoms with E-state index in [2.05, 4.69) is 12.2 Å². The molecule has 1 unspecified atom stereocenters. The number of nitrogens with two attached hydrogens (primary N) is 1. The van der Waals surface area contributed by atoms with E-state index in [1.165, 1.54) is 26.4 Å². The molecular weight excluding hydrogens is 180 g/mol. The molecule has 4 nitrogen and oxygen atoms in total. The Morgan fingerprint density at radius 1 is 1.64 bits per heavy atom. The number of carbonyl (C=O) groups excluding carboxylic acids is 1. The van der Waals surface area contributed by atoms with E-state index in [1.807, 2.05) is 0 Å². The molecule has 0 radical (unpaired) electrons. The standard InChI is InChI=1S/C10H20N2O2/c1-10(4-3-5-10)7-12-9(13)8(6-11)14-2/h8H,3-7,11H2,1-2H3,(H,12,13). The third kappa shape index (κ3) is 2.69. The summed E-state index contributed by atoms with van der Waals surface area (Å²) >= 11 is 0. The molecule has 0 spiro atoms. The Morgan fingerprint density at radius 2 is 2.29 bits per heavy atom. The van der Waals surface area contributed by atoms with E-state index in [0.717, 1.165) is 6.54 Å². The maximum absolute atomic E-state index is 11.5. The summed E-state index contributed by atoms with van der Waals surface area (Å²) in [5.41, 5.74) is 5.69. The van der Waals surface area contributed by atoms with Crippen LogP contribution in [0.2, 0.25) is 0 Å². The Labute approximate surface area is 85.2 Å². The lowest BCUT2D eigenvalue weighted by molar-refractivity contribution is -0.131. The van der Waals surface area contributed by atoms with Crippen LogP contribution in [-0.4, -0.2) is 32.2 Å². The van der Waals surface area contributed by atoms with E-state index in [-0.39, 0.29) is 12.5 Å². The van der Waals surface area contributed by atoms with E-state index in [9.17, 15) is 4.79 Å². The molecule has 1 fully saturated rings. The van der Waals surface area contributed by atoms with Crippen molar-refractivity contribution in [3.63, 3.8) is 0 Å². The fourth-order valence-corrected chi connectivity index (χ4v) is 1.68. The first-order valence-corrected chi connectivity index (χ1v) is 5.12. The molecule has 1 atom stereocenters. The van der Waals surface area contributed by atoms with Gasteiger partial charge in [-0.05, 0) is 18.3 Å². The average Bonchev–Trinajstić information content (AvgIpc) is 2.13. The van der Waals surface area contributed by atoms with Crippen molar-refractivity contribution in [1.82, 2.24) is 5.32 Å². The molecule has 0 saturated heterocycles. The number of hydrogen-bond donors (Lipinski definition) is 2. The van der Waals surface area contributed by atoms with Gasteiger partial charge in [-0.1, -0.05) is 13.3 Å². The number of nitrogens with one attached hydrogen (secondary N) is 1. The molecule has 0 heterocycles. The predicted octanol–water partition coefficient (Wildman–Crippen LogP) is 0.267. The second-order valence-corrected chi connectivity index (χ2v) is 4.34. The van der Waals surface area contributed by atoms with Crippen molar-refractivity contribution in [2.75, 3.05) is 20.2 Å². The number of methoxy groups -OCH3 is 1. The molecular formula is C10H20N2O2. The molecule has 1 aliphatic carbocycles. The highest BCUT2D eigenvalue weighted by Gasteiger charge is 2.32. The van der Waals surface area contributed by atoms with Gasteiger partial charge < -0.3 is 15.8 Å². The van der Waals surface area contributed by atoms with Gasteiger partial charge in [0.25, 0.3) is 0 Å². The zero-order valence-electron chi connectivity index (χ0n) is 9.01. The number of hydrogen-bond acceptors (Lipinski definition) is 3. The molecule has 1 aliphatic rings. The normalized spacial score (nSPS) is 21.1. The molecule has 1 saturated carbocycles. The van der Waals surface area contributed by atoms with Crippen molar-refractivity contribution in [3.8, 4) is 0 Å². The fraction of sp³-hybridized carbons (Fsp3) is 0.900. The van der Waals surface area contributed by atoms with Gasteiger partial charge in [-0.3, -0.25) is 4.79 Å². The van der Waals surface area contributed by atoms with Crippen LogP contribution in [-0.2, 0) is 9.53 Å². The summed E-state index contributed by atoms with van der Waals surface area (Å²) in [5, 5.41) is 2.88. The van der Waals surface area contributed by atoms with Crippen LogP contribution in [0.4, 0.5) is 0 Å². The van der Waals surface area contributed by atoms with Crippen LogP contribution in [0.3, 0.4) is 0 Å². The van der Waals surface area contributed by atoms with Crippen molar-refractivity contribution < 1.29 is 9.53 Å². The van der Waals surface area contributed by atoms with Crippen LogP contribution >= 0.6 is 0 Å². The third-order valence-corrected chi connectivity index (χ3v) is 3.04. The summed E-state index contributed by atoms with van der Waals surface area (Å²) in [7, 11) is 1.50. The lowest BCUT2D eigenvalue weighted by Gasteiger charge is -2.38. The minimum Gasteiger partial charge on any atom is -0.370 e. The topological polar surface area (TPSA) is 64.3 Å². The van der Waals surface area contributed by atoms with Crippen LogP contribution in [0.15, 0.2) is 0 Å². The Morgan fingerprint density at radius 3 is 2.64 bits per heavy atom. The van der Waals surface area contributed by atoms with Gasteiger partial charge in [0.05, 0.1) is 0 Å². The zero-order chi connectivity index (χ0) is 10.6. The van der Waals surface area contributed by atoms with Gasteiger partial charge in [0.1, 0.15) is 6.10 Å². The third-order valence-electron chi connectivity index (χ3n) is 3.04. The minimum absolute atomic E-state index is 0.0943. The fourth-order valence-electron chi connectivity index (χ4n) is 1.68. The number of rotatable bonds is 5. The van der Waals surface area contributed by atoms with Gasteiger partial charge in [0.2, 0.25) is 5.91 Å². The first kappa shape index (κ1) is 11.5. The average molecular weight is 200 g/mol. The SMILES string of the molecule is COC(CN)C(=O)NCC1(C)CCC1. The minimum atomic E-state index is -0.501. The summed E-state index contributed by atoms with van der Waals surface area (Å²) in [6, 6.07) is 0. The van der Waals surface area contributed by atoms with Crippen molar-refractivity contribution >= 4 is 5.91 Å². The van der Waals surface area contributed by atoms with E-state index >= 15 is 0 Å². The second-order valence-electron chi connectivity index (χ2n) is 4.34. The van der Waals surface area contributed by atoms with E-state index < -0.39 is 6.10 Å². The summed E-state index contributed by atoms with van der Waals surface area (Å²) < 4.78 is 4.94. The van der Waals surface area contributed by atoms with E-state index in [1.54, 1.807) is 0 Å². The Bertz CT molecular complexity index is 198. The molecule has 82 valence electrons. The van der Waals surface area contributed by atoms with Crippen LogP contribution in [0.25, 0.3) is 0 Å². The summed E-state index contributed by atoms with van der Waals surface area (Å²) in [6.07, 6.45) is 3.18. The maximum Gasteiger partial charge on any atom is 0.250 e. The molecule has 3 N–H and O–H groups in total. The van der Waals surface area contributed by atoms with Crippen molar-refractivity contribution in [1.29, 1.82) is 0 Å². The summed E-state index contributed by atoms with van der Waals surface area (Å²) in [5.74, 6) is -0.0943. The van der Waals surface area contributed by atoms with Crippen LogP contribution in [0, 0.1) is 5.41 Å². The van der Waals surface area contributed by atoms with Gasteiger partial charge in [0.15, 0.2) is 0 Å². The molecule has 1 rings (SSSR count). The van der Waals surface area contributed by atoms with Crippen molar-refractivity contribution in [2.45, 2.75) is 32.3 Å². The van der Waals surface area contributed by atoms with Crippen molar-refractivity contribution in [3.05, 3.63) is 0 Å². The lowest BCUT2D eigenvalue weighted by atomic mass is 9.70. The van der Waals surface area contributed by atoms with E-state index in [4.69, 9.17) is 10.5 Å². The van der Waals surface area contributed by atoms with E-state index in [0.29, 0.717) is 5.41 Å². The second kappa shape index (κ2) is 4.75. The summed E-state index contributed by atoms with van der Waals surface area (Å²) in [6.45, 7) is 3.17. The molecule has 0 bridgehead atoms. The lowest BCUT2D eigenvalue weighted by Crippen LogP contribution is -2.46. The number of carbonyl (C=O) groups is 1. The predicted molar refractivity (Wildman–Crippen MR) is 54.8 cm³/mol. The monoisotopic (exact) mass is 200 g/mol. The van der Waals surface area contributed by atoms with Crippen LogP contribution in [0.5, 0.6) is 0 Å². The number of ether oxygens (including phenoxy) is 1. The molecule has 4 heteroatoms. The smallest absolute Gasteiger partial charge is 0.250 e. The number of amides is 1. The molecule has 14 heavy (non-hydrogen) atoms. The Kier molecular flexibility index (Phi) is 3.89. The molecule has 0 aliphatic heterocycles. The van der Waals surface area contributed by atoms with Gasteiger partial charge in [0, 0.05) is 20.2 Å². The zero-order valence-corrected chi connectivity index (χ0v) is 9.01. The van der Waals surface area contributed by atoms with Crippen LogP contribution in [0.1, 0.15) is 26.2 Å². The highest BCUT2D eigenvalue weighted by atomic mass is 16.5.